The minimum Gasteiger partial charge on any atom is -0.493 e. The predicted molar refractivity (Wildman–Crippen MR) is 120 cm³/mol. The maximum atomic E-state index is 13.0. The second-order valence-electron chi connectivity index (χ2n) is 7.25. The van der Waals surface area contributed by atoms with E-state index in [0.717, 1.165) is 0 Å². The Hall–Kier alpha value is -3.75. The minimum atomic E-state index is -0.456. The fraction of sp³-hybridized carbons (Fsp3) is 0.348. The molecule has 0 spiro atoms. The second-order valence-corrected chi connectivity index (χ2v) is 7.25. The highest BCUT2D eigenvalue weighted by molar-refractivity contribution is 5.97. The quantitative estimate of drug-likeness (QED) is 0.688. The number of rotatable bonds is 6. The lowest BCUT2D eigenvalue weighted by molar-refractivity contribution is -0.114. The van der Waals surface area contributed by atoms with E-state index in [-0.39, 0.29) is 11.8 Å². The molecular weight excluding hydrogens is 414 g/mol. The number of esters is 1. The fourth-order valence-corrected chi connectivity index (χ4v) is 3.64. The molecule has 1 aliphatic heterocycles. The van der Waals surface area contributed by atoms with E-state index in [1.54, 1.807) is 48.4 Å². The zero-order valence-corrected chi connectivity index (χ0v) is 18.6. The number of carbonyl (C=O) groups is 3. The highest BCUT2D eigenvalue weighted by Crippen LogP contribution is 2.30. The summed E-state index contributed by atoms with van der Waals surface area (Å²) in [5.41, 5.74) is 2.22. The largest absolute Gasteiger partial charge is 0.493 e. The Morgan fingerprint density at radius 1 is 0.844 bits per heavy atom. The molecule has 3 rings (SSSR count). The van der Waals surface area contributed by atoms with Crippen molar-refractivity contribution in [3.63, 3.8) is 0 Å². The Morgan fingerprint density at radius 2 is 1.50 bits per heavy atom. The van der Waals surface area contributed by atoms with Crippen molar-refractivity contribution in [1.82, 2.24) is 4.90 Å². The molecule has 0 bridgehead atoms. The molecule has 2 amide bonds. The van der Waals surface area contributed by atoms with Crippen molar-refractivity contribution in [3.05, 3.63) is 47.5 Å². The first-order chi connectivity index (χ1) is 15.4. The molecule has 0 aliphatic carbocycles. The van der Waals surface area contributed by atoms with Gasteiger partial charge in [0.1, 0.15) is 0 Å². The van der Waals surface area contributed by atoms with Gasteiger partial charge in [-0.05, 0) is 36.4 Å². The summed E-state index contributed by atoms with van der Waals surface area (Å²) in [5, 5.41) is 2.80. The van der Waals surface area contributed by atoms with Gasteiger partial charge in [0.15, 0.2) is 11.5 Å². The third kappa shape index (κ3) is 4.93. The number of piperazine rings is 1. The van der Waals surface area contributed by atoms with E-state index < -0.39 is 5.97 Å². The number of carbonyl (C=O) groups excluding carboxylic acids is 3. The standard InChI is InChI=1S/C23H27N3O6/c1-15(27)24-18-7-5-17(23(29)32-4)13-19(18)25-9-11-26(12-10-25)22(28)16-6-8-20(30-2)21(14-16)31-3/h5-8,13-14H,9-12H2,1-4H3,(H,24,27). The number of nitrogens with one attached hydrogen (secondary N) is 1. The third-order valence-corrected chi connectivity index (χ3v) is 5.27. The number of nitrogens with zero attached hydrogens (tertiary/aromatic N) is 2. The van der Waals surface area contributed by atoms with Crippen LogP contribution in [0.15, 0.2) is 36.4 Å². The molecule has 0 radical (unpaired) electrons. The molecule has 0 aromatic heterocycles. The zero-order chi connectivity index (χ0) is 23.3. The zero-order valence-electron chi connectivity index (χ0n) is 18.6. The summed E-state index contributed by atoms with van der Waals surface area (Å²) >= 11 is 0. The van der Waals surface area contributed by atoms with E-state index in [2.05, 4.69) is 5.32 Å². The van der Waals surface area contributed by atoms with E-state index in [0.29, 0.717) is 60.2 Å². The van der Waals surface area contributed by atoms with Gasteiger partial charge in [0.25, 0.3) is 5.91 Å². The summed E-state index contributed by atoms with van der Waals surface area (Å²) in [4.78, 5) is 40.4. The molecule has 1 heterocycles. The maximum Gasteiger partial charge on any atom is 0.337 e. The molecule has 0 saturated carbocycles. The molecule has 2 aromatic carbocycles. The Kier molecular flexibility index (Phi) is 7.19. The van der Waals surface area contributed by atoms with Crippen LogP contribution in [-0.2, 0) is 9.53 Å². The minimum absolute atomic E-state index is 0.101. The summed E-state index contributed by atoms with van der Waals surface area (Å²) in [5.74, 6) is 0.291. The Morgan fingerprint density at radius 3 is 2.09 bits per heavy atom. The molecule has 1 fully saturated rings. The molecule has 0 atom stereocenters. The number of hydrogen-bond donors (Lipinski definition) is 1. The van der Waals surface area contributed by atoms with Gasteiger partial charge in [-0.1, -0.05) is 0 Å². The van der Waals surface area contributed by atoms with Crippen LogP contribution in [-0.4, -0.2) is 70.2 Å². The normalized spacial score (nSPS) is 13.4. The number of hydrogen-bond acceptors (Lipinski definition) is 7. The summed E-state index contributed by atoms with van der Waals surface area (Å²) in [6.07, 6.45) is 0. The van der Waals surface area contributed by atoms with Crippen LogP contribution in [0.1, 0.15) is 27.6 Å². The van der Waals surface area contributed by atoms with Crippen molar-refractivity contribution in [3.8, 4) is 11.5 Å². The van der Waals surface area contributed by atoms with Crippen LogP contribution in [0.2, 0.25) is 0 Å². The fourth-order valence-electron chi connectivity index (χ4n) is 3.64. The monoisotopic (exact) mass is 441 g/mol. The van der Waals surface area contributed by atoms with Crippen LogP contribution in [0.5, 0.6) is 11.5 Å². The average Bonchev–Trinajstić information content (AvgIpc) is 2.82. The first-order valence-electron chi connectivity index (χ1n) is 10.1. The summed E-state index contributed by atoms with van der Waals surface area (Å²) < 4.78 is 15.3. The molecule has 170 valence electrons. The molecule has 32 heavy (non-hydrogen) atoms. The van der Waals surface area contributed by atoms with Crippen LogP contribution in [0.25, 0.3) is 0 Å². The van der Waals surface area contributed by atoms with Gasteiger partial charge in [-0.3, -0.25) is 9.59 Å². The maximum absolute atomic E-state index is 13.0. The number of ether oxygens (including phenoxy) is 3. The second kappa shape index (κ2) is 10.0. The highest BCUT2D eigenvalue weighted by atomic mass is 16.5. The summed E-state index contributed by atoms with van der Waals surface area (Å²) in [6.45, 7) is 3.47. The van der Waals surface area contributed by atoms with Crippen LogP contribution in [0.4, 0.5) is 11.4 Å². The van der Waals surface area contributed by atoms with Crippen LogP contribution >= 0.6 is 0 Å². The number of anilines is 2. The summed E-state index contributed by atoms with van der Waals surface area (Å²) in [7, 11) is 4.39. The lowest BCUT2D eigenvalue weighted by Crippen LogP contribution is -2.49. The van der Waals surface area contributed by atoms with Crippen LogP contribution < -0.4 is 19.7 Å². The van der Waals surface area contributed by atoms with Crippen LogP contribution in [0, 0.1) is 0 Å². The molecule has 2 aromatic rings. The van der Waals surface area contributed by atoms with Gasteiger partial charge in [0.05, 0.1) is 38.3 Å². The number of methoxy groups -OCH3 is 3. The molecule has 1 aliphatic rings. The van der Waals surface area contributed by atoms with Gasteiger partial charge in [-0.15, -0.1) is 0 Å². The van der Waals surface area contributed by atoms with Gasteiger partial charge < -0.3 is 29.3 Å². The first-order valence-corrected chi connectivity index (χ1v) is 10.1. The van der Waals surface area contributed by atoms with E-state index in [1.165, 1.54) is 21.1 Å². The lowest BCUT2D eigenvalue weighted by atomic mass is 10.1. The van der Waals surface area contributed by atoms with Gasteiger partial charge in [-0.25, -0.2) is 4.79 Å². The smallest absolute Gasteiger partial charge is 0.337 e. The van der Waals surface area contributed by atoms with Gasteiger partial charge in [0, 0.05) is 38.7 Å². The predicted octanol–water partition coefficient (Wildman–Crippen LogP) is 2.41. The molecule has 1 saturated heterocycles. The van der Waals surface area contributed by atoms with Crippen molar-refractivity contribution in [2.45, 2.75) is 6.92 Å². The molecule has 9 heteroatoms. The Bertz CT molecular complexity index is 1010. The Balaban J connectivity index is 1.77. The SMILES string of the molecule is COC(=O)c1ccc(NC(C)=O)c(N2CCN(C(=O)c3ccc(OC)c(OC)c3)CC2)c1. The van der Waals surface area contributed by atoms with Gasteiger partial charge in [0.2, 0.25) is 5.91 Å². The highest BCUT2D eigenvalue weighted by Gasteiger charge is 2.25. The van der Waals surface area contributed by atoms with E-state index in [1.807, 2.05) is 4.90 Å². The van der Waals surface area contributed by atoms with Crippen LogP contribution in [0.3, 0.4) is 0 Å². The van der Waals surface area contributed by atoms with Crippen molar-refractivity contribution in [2.75, 3.05) is 57.7 Å². The molecule has 9 nitrogen and oxygen atoms in total. The summed E-state index contributed by atoms with van der Waals surface area (Å²) in [6, 6.07) is 10.1. The molecule has 0 unspecified atom stereocenters. The topological polar surface area (TPSA) is 97.4 Å². The first kappa shape index (κ1) is 22.9. The Labute approximate surface area is 186 Å². The molecule has 1 N–H and O–H groups in total. The number of benzene rings is 2. The average molecular weight is 441 g/mol. The van der Waals surface area contributed by atoms with Crippen molar-refractivity contribution in [1.29, 1.82) is 0 Å². The molecular formula is C23H27N3O6. The van der Waals surface area contributed by atoms with Crippen molar-refractivity contribution in [2.24, 2.45) is 0 Å². The van der Waals surface area contributed by atoms with Gasteiger partial charge in [-0.2, -0.15) is 0 Å². The van der Waals surface area contributed by atoms with E-state index in [4.69, 9.17) is 14.2 Å². The van der Waals surface area contributed by atoms with Gasteiger partial charge >= 0.3 is 5.97 Å². The lowest BCUT2D eigenvalue weighted by Gasteiger charge is -2.37. The third-order valence-electron chi connectivity index (χ3n) is 5.27. The van der Waals surface area contributed by atoms with E-state index in [9.17, 15) is 14.4 Å². The van der Waals surface area contributed by atoms with Crippen molar-refractivity contribution < 1.29 is 28.6 Å². The van der Waals surface area contributed by atoms with E-state index >= 15 is 0 Å². The van der Waals surface area contributed by atoms with Crippen molar-refractivity contribution >= 4 is 29.2 Å². The number of amides is 2.